The minimum Gasteiger partial charge on any atom is -0.493 e. The van der Waals surface area contributed by atoms with Crippen LogP contribution in [0.15, 0.2) is 50.0 Å². The van der Waals surface area contributed by atoms with Crippen molar-refractivity contribution in [3.63, 3.8) is 0 Å². The first kappa shape index (κ1) is 19.6. The number of hydrogen-bond donors (Lipinski definition) is 0. The predicted octanol–water partition coefficient (Wildman–Crippen LogP) is 5.34. The molecule has 0 atom stereocenters. The summed E-state index contributed by atoms with van der Waals surface area (Å²) in [6, 6.07) is 9.51. The highest BCUT2D eigenvalue weighted by Gasteiger charge is 2.29. The molecule has 0 fully saturated rings. The molecular formula is C20H18Br2N2O3. The number of hydrogen-bond acceptors (Lipinski definition) is 4. The normalized spacial score (nSPS) is 15.3. The van der Waals surface area contributed by atoms with E-state index in [2.05, 4.69) is 37.0 Å². The molecule has 0 saturated heterocycles. The molecule has 0 aromatic heterocycles. The summed E-state index contributed by atoms with van der Waals surface area (Å²) in [6.07, 6.45) is 1.80. The van der Waals surface area contributed by atoms with E-state index in [4.69, 9.17) is 9.47 Å². The number of nitrogens with zero attached hydrogens (tertiary/aromatic N) is 2. The van der Waals surface area contributed by atoms with E-state index in [1.165, 1.54) is 5.01 Å². The minimum absolute atomic E-state index is 0.170. The van der Waals surface area contributed by atoms with Crippen molar-refractivity contribution in [3.8, 4) is 11.5 Å². The molecule has 0 bridgehead atoms. The molecule has 2 aromatic rings. The van der Waals surface area contributed by atoms with Crippen LogP contribution >= 0.6 is 31.9 Å². The van der Waals surface area contributed by atoms with E-state index in [1.807, 2.05) is 44.2 Å². The summed E-state index contributed by atoms with van der Waals surface area (Å²) in [5.41, 5.74) is 3.77. The average molecular weight is 494 g/mol. The van der Waals surface area contributed by atoms with Gasteiger partial charge in [-0.05, 0) is 81.1 Å². The quantitative estimate of drug-likeness (QED) is 0.540. The van der Waals surface area contributed by atoms with Crippen LogP contribution in [0.25, 0.3) is 6.08 Å². The van der Waals surface area contributed by atoms with Crippen molar-refractivity contribution >= 4 is 55.2 Å². The van der Waals surface area contributed by atoms with Crippen molar-refractivity contribution in [2.24, 2.45) is 5.10 Å². The first-order chi connectivity index (χ1) is 12.9. The Labute approximate surface area is 174 Å². The lowest BCUT2D eigenvalue weighted by Gasteiger charge is -2.14. The van der Waals surface area contributed by atoms with E-state index in [0.717, 1.165) is 21.3 Å². The predicted molar refractivity (Wildman–Crippen MR) is 115 cm³/mol. The van der Waals surface area contributed by atoms with Crippen molar-refractivity contribution in [1.29, 1.82) is 0 Å². The molecule has 2 aromatic carbocycles. The number of amides is 1. The van der Waals surface area contributed by atoms with Crippen molar-refractivity contribution in [3.05, 3.63) is 56.0 Å². The standard InChI is InChI=1S/C20H18Br2N2O3/c1-11-6-5-7-14(8-11)24-20(25)15(12(2)23-24)9-13-10-16(26-3)19(27-4)18(22)17(13)21/h5-10H,1-4H3. The maximum Gasteiger partial charge on any atom is 0.280 e. The number of methoxy groups -OCH3 is 2. The highest BCUT2D eigenvalue weighted by atomic mass is 79.9. The highest BCUT2D eigenvalue weighted by molar-refractivity contribution is 9.13. The van der Waals surface area contributed by atoms with Crippen molar-refractivity contribution in [2.45, 2.75) is 13.8 Å². The summed E-state index contributed by atoms with van der Waals surface area (Å²) in [6.45, 7) is 3.80. The first-order valence-corrected chi connectivity index (χ1v) is 9.74. The zero-order chi connectivity index (χ0) is 19.7. The minimum atomic E-state index is -0.170. The van der Waals surface area contributed by atoms with Crippen LogP contribution in [0.1, 0.15) is 18.1 Å². The van der Waals surface area contributed by atoms with Crippen LogP contribution in [0, 0.1) is 6.92 Å². The largest absolute Gasteiger partial charge is 0.493 e. The van der Waals surface area contributed by atoms with Gasteiger partial charge in [0.1, 0.15) is 0 Å². The lowest BCUT2D eigenvalue weighted by molar-refractivity contribution is -0.114. The zero-order valence-electron chi connectivity index (χ0n) is 15.3. The second kappa shape index (κ2) is 7.86. The summed E-state index contributed by atoms with van der Waals surface area (Å²) < 4.78 is 12.3. The van der Waals surface area contributed by atoms with Gasteiger partial charge in [-0.1, -0.05) is 12.1 Å². The Hall–Kier alpha value is -2.12. The Balaban J connectivity index is 2.05. The van der Waals surface area contributed by atoms with Crippen LogP contribution in [-0.4, -0.2) is 25.8 Å². The second-order valence-electron chi connectivity index (χ2n) is 6.03. The van der Waals surface area contributed by atoms with Gasteiger partial charge in [-0.25, -0.2) is 0 Å². The molecular weight excluding hydrogens is 476 g/mol. The van der Waals surface area contributed by atoms with Crippen LogP contribution in [0.2, 0.25) is 0 Å². The zero-order valence-corrected chi connectivity index (χ0v) is 18.5. The third-order valence-electron chi connectivity index (χ3n) is 4.19. The molecule has 1 amide bonds. The van der Waals surface area contributed by atoms with Crippen LogP contribution < -0.4 is 14.5 Å². The number of carbonyl (C=O) groups is 1. The molecule has 5 nitrogen and oxygen atoms in total. The van der Waals surface area contributed by atoms with Crippen LogP contribution in [-0.2, 0) is 4.79 Å². The Bertz CT molecular complexity index is 983. The third-order valence-corrected chi connectivity index (χ3v) is 6.33. The molecule has 0 spiro atoms. The number of carbonyl (C=O) groups excluding carboxylic acids is 1. The Kier molecular flexibility index (Phi) is 5.72. The van der Waals surface area contributed by atoms with Crippen molar-refractivity contribution in [2.75, 3.05) is 19.2 Å². The fourth-order valence-electron chi connectivity index (χ4n) is 2.83. The Morgan fingerprint density at radius 1 is 1.07 bits per heavy atom. The molecule has 140 valence electrons. The highest BCUT2D eigenvalue weighted by Crippen LogP contribution is 2.43. The lowest BCUT2D eigenvalue weighted by Crippen LogP contribution is -2.21. The number of rotatable bonds is 4. The number of ether oxygens (including phenoxy) is 2. The van der Waals surface area contributed by atoms with Gasteiger partial charge in [0.15, 0.2) is 11.5 Å². The fraction of sp³-hybridized carbons (Fsp3) is 0.200. The van der Waals surface area contributed by atoms with E-state index in [1.54, 1.807) is 20.3 Å². The van der Waals surface area contributed by atoms with Crippen LogP contribution in [0.3, 0.4) is 0 Å². The van der Waals surface area contributed by atoms with Crippen LogP contribution in [0.5, 0.6) is 11.5 Å². The number of aryl methyl sites for hydroxylation is 1. The van der Waals surface area contributed by atoms with Gasteiger partial charge in [0, 0.05) is 4.47 Å². The van der Waals surface area contributed by atoms with Gasteiger partial charge in [-0.2, -0.15) is 10.1 Å². The molecule has 27 heavy (non-hydrogen) atoms. The molecule has 1 aliphatic heterocycles. The van der Waals surface area contributed by atoms with E-state index in [0.29, 0.717) is 27.3 Å². The van der Waals surface area contributed by atoms with E-state index in [-0.39, 0.29) is 5.91 Å². The van der Waals surface area contributed by atoms with Gasteiger partial charge in [-0.3, -0.25) is 4.79 Å². The number of anilines is 1. The number of hydrazone groups is 1. The molecule has 1 aliphatic rings. The Morgan fingerprint density at radius 2 is 1.81 bits per heavy atom. The van der Waals surface area contributed by atoms with Gasteiger partial charge >= 0.3 is 0 Å². The summed E-state index contributed by atoms with van der Waals surface area (Å²) in [4.78, 5) is 13.0. The topological polar surface area (TPSA) is 51.1 Å². The summed E-state index contributed by atoms with van der Waals surface area (Å²) in [5, 5.41) is 5.86. The van der Waals surface area contributed by atoms with E-state index >= 15 is 0 Å². The summed E-state index contributed by atoms with van der Waals surface area (Å²) in [7, 11) is 3.15. The number of halogens is 2. The first-order valence-electron chi connectivity index (χ1n) is 8.15. The van der Waals surface area contributed by atoms with Crippen LogP contribution in [0.4, 0.5) is 5.69 Å². The molecule has 0 radical (unpaired) electrons. The summed E-state index contributed by atoms with van der Waals surface area (Å²) in [5.74, 6) is 0.974. The van der Waals surface area contributed by atoms with Crippen molar-refractivity contribution in [1.82, 2.24) is 0 Å². The molecule has 0 unspecified atom stereocenters. The molecule has 0 saturated carbocycles. The third kappa shape index (κ3) is 3.66. The maximum atomic E-state index is 13.0. The van der Waals surface area contributed by atoms with Gasteiger partial charge < -0.3 is 9.47 Å². The Morgan fingerprint density at radius 3 is 2.44 bits per heavy atom. The lowest BCUT2D eigenvalue weighted by atomic mass is 10.1. The van der Waals surface area contributed by atoms with E-state index < -0.39 is 0 Å². The monoisotopic (exact) mass is 492 g/mol. The maximum absolute atomic E-state index is 13.0. The average Bonchev–Trinajstić information content (AvgIpc) is 2.93. The molecule has 1 heterocycles. The van der Waals surface area contributed by atoms with Gasteiger partial charge in [0.05, 0.1) is 35.7 Å². The summed E-state index contributed by atoms with van der Waals surface area (Å²) >= 11 is 7.07. The molecule has 7 heteroatoms. The van der Waals surface area contributed by atoms with Gasteiger partial charge in [0.25, 0.3) is 5.91 Å². The molecule has 3 rings (SSSR count). The van der Waals surface area contributed by atoms with Crippen molar-refractivity contribution < 1.29 is 14.3 Å². The van der Waals surface area contributed by atoms with E-state index in [9.17, 15) is 4.79 Å². The van der Waals surface area contributed by atoms with Gasteiger partial charge in [0.2, 0.25) is 0 Å². The molecule has 0 N–H and O–H groups in total. The fourth-order valence-corrected chi connectivity index (χ4v) is 3.82. The van der Waals surface area contributed by atoms with Gasteiger partial charge in [-0.15, -0.1) is 0 Å². The number of benzene rings is 2. The second-order valence-corrected chi connectivity index (χ2v) is 7.61. The SMILES string of the molecule is COc1cc(C=C2C(=O)N(c3cccc(C)c3)N=C2C)c(Br)c(Br)c1OC. The smallest absolute Gasteiger partial charge is 0.280 e. The molecule has 0 aliphatic carbocycles.